The Balaban J connectivity index is 1.90. The first kappa shape index (κ1) is 12.5. The Morgan fingerprint density at radius 3 is 2.76 bits per heavy atom. The number of benzene rings is 1. The lowest BCUT2D eigenvalue weighted by molar-refractivity contribution is -0.0989. The van der Waals surface area contributed by atoms with Crippen molar-refractivity contribution in [1.29, 1.82) is 0 Å². The normalized spacial score (nSPS) is 19.7. The molecule has 0 amide bonds. The summed E-state index contributed by atoms with van der Waals surface area (Å²) in [6.45, 7) is 0. The second-order valence-electron chi connectivity index (χ2n) is 4.93. The molecule has 0 radical (unpaired) electrons. The van der Waals surface area contributed by atoms with Gasteiger partial charge in [0.1, 0.15) is 5.82 Å². The molecule has 2 nitrogen and oxygen atoms in total. The molecule has 0 aliphatic heterocycles. The van der Waals surface area contributed by atoms with Crippen LogP contribution in [0.15, 0.2) is 24.3 Å². The van der Waals surface area contributed by atoms with Gasteiger partial charge in [-0.05, 0) is 43.4 Å². The van der Waals surface area contributed by atoms with Crippen molar-refractivity contribution in [2.75, 3.05) is 7.11 Å². The molecule has 1 unspecified atom stereocenters. The van der Waals surface area contributed by atoms with Crippen molar-refractivity contribution < 1.29 is 14.2 Å². The van der Waals surface area contributed by atoms with Gasteiger partial charge in [-0.1, -0.05) is 12.1 Å². The number of ether oxygens (including phenoxy) is 1. The van der Waals surface area contributed by atoms with E-state index in [0.717, 1.165) is 18.4 Å². The lowest BCUT2D eigenvalue weighted by Crippen LogP contribution is -2.42. The molecule has 2 rings (SSSR count). The minimum Gasteiger partial charge on any atom is -0.393 e. The SMILES string of the molecule is COC1(CC(O)Cc2cccc(F)c2)CCC1. The zero-order valence-corrected chi connectivity index (χ0v) is 10.2. The number of aliphatic hydroxyl groups is 1. The Kier molecular flexibility index (Phi) is 3.79. The maximum absolute atomic E-state index is 13.0. The van der Waals surface area contributed by atoms with Gasteiger partial charge in [-0.25, -0.2) is 4.39 Å². The van der Waals surface area contributed by atoms with Gasteiger partial charge in [0, 0.05) is 13.5 Å². The fourth-order valence-electron chi connectivity index (χ4n) is 2.50. The predicted molar refractivity (Wildman–Crippen MR) is 64.3 cm³/mol. The number of aliphatic hydroxyl groups excluding tert-OH is 1. The van der Waals surface area contributed by atoms with Crippen LogP contribution in [0.1, 0.15) is 31.2 Å². The van der Waals surface area contributed by atoms with Crippen molar-refractivity contribution in [2.24, 2.45) is 0 Å². The van der Waals surface area contributed by atoms with E-state index in [2.05, 4.69) is 0 Å². The molecule has 1 fully saturated rings. The molecule has 1 atom stereocenters. The summed E-state index contributed by atoms with van der Waals surface area (Å²) in [6.07, 6.45) is 3.87. The van der Waals surface area contributed by atoms with Crippen LogP contribution in [0.3, 0.4) is 0 Å². The van der Waals surface area contributed by atoms with E-state index in [9.17, 15) is 9.50 Å². The Labute approximate surface area is 101 Å². The van der Waals surface area contributed by atoms with E-state index in [-0.39, 0.29) is 11.4 Å². The third-order valence-corrected chi connectivity index (χ3v) is 3.67. The Morgan fingerprint density at radius 2 is 2.24 bits per heavy atom. The van der Waals surface area contributed by atoms with E-state index in [1.165, 1.54) is 18.6 Å². The van der Waals surface area contributed by atoms with Gasteiger partial charge >= 0.3 is 0 Å². The van der Waals surface area contributed by atoms with E-state index in [1.54, 1.807) is 13.2 Å². The second-order valence-corrected chi connectivity index (χ2v) is 4.93. The molecule has 3 heteroatoms. The van der Waals surface area contributed by atoms with Gasteiger partial charge in [0.25, 0.3) is 0 Å². The smallest absolute Gasteiger partial charge is 0.123 e. The van der Waals surface area contributed by atoms with Crippen molar-refractivity contribution in [3.05, 3.63) is 35.6 Å². The fourth-order valence-corrected chi connectivity index (χ4v) is 2.50. The Bertz CT molecular complexity index is 369. The summed E-state index contributed by atoms with van der Waals surface area (Å²) in [7, 11) is 1.70. The average molecular weight is 238 g/mol. The highest BCUT2D eigenvalue weighted by Crippen LogP contribution is 2.39. The minimum atomic E-state index is -0.461. The Hall–Kier alpha value is -0.930. The molecule has 94 valence electrons. The molecule has 0 saturated heterocycles. The van der Waals surface area contributed by atoms with Crippen molar-refractivity contribution in [3.63, 3.8) is 0 Å². The number of hydrogen-bond donors (Lipinski definition) is 1. The zero-order chi connectivity index (χ0) is 12.3. The molecule has 1 aliphatic rings. The van der Waals surface area contributed by atoms with Crippen LogP contribution in [0.25, 0.3) is 0 Å². The van der Waals surface area contributed by atoms with Gasteiger partial charge in [-0.3, -0.25) is 0 Å². The molecule has 17 heavy (non-hydrogen) atoms. The van der Waals surface area contributed by atoms with Crippen LogP contribution in [0, 0.1) is 5.82 Å². The van der Waals surface area contributed by atoms with E-state index in [1.807, 2.05) is 6.07 Å². The highest BCUT2D eigenvalue weighted by molar-refractivity contribution is 5.17. The molecular formula is C14H19FO2. The van der Waals surface area contributed by atoms with E-state index in [0.29, 0.717) is 12.8 Å². The molecule has 0 heterocycles. The topological polar surface area (TPSA) is 29.5 Å². The van der Waals surface area contributed by atoms with Crippen LogP contribution in [0.2, 0.25) is 0 Å². The molecule has 0 aromatic heterocycles. The first-order valence-corrected chi connectivity index (χ1v) is 6.11. The van der Waals surface area contributed by atoms with Crippen molar-refractivity contribution >= 4 is 0 Å². The second kappa shape index (κ2) is 5.15. The lowest BCUT2D eigenvalue weighted by Gasteiger charge is -2.41. The predicted octanol–water partition coefficient (Wildman–Crippen LogP) is 2.69. The van der Waals surface area contributed by atoms with Gasteiger partial charge in [0.2, 0.25) is 0 Å². The zero-order valence-electron chi connectivity index (χ0n) is 10.2. The largest absolute Gasteiger partial charge is 0.393 e. The van der Waals surface area contributed by atoms with Gasteiger partial charge in [-0.15, -0.1) is 0 Å². The third-order valence-electron chi connectivity index (χ3n) is 3.67. The van der Waals surface area contributed by atoms with Gasteiger partial charge < -0.3 is 9.84 Å². The molecule has 1 N–H and O–H groups in total. The van der Waals surface area contributed by atoms with Crippen LogP contribution in [0.4, 0.5) is 4.39 Å². The monoisotopic (exact) mass is 238 g/mol. The molecule has 1 aromatic rings. The quantitative estimate of drug-likeness (QED) is 0.854. The first-order valence-electron chi connectivity index (χ1n) is 6.11. The average Bonchev–Trinajstić information content (AvgIpc) is 2.23. The van der Waals surface area contributed by atoms with Crippen LogP contribution in [-0.4, -0.2) is 23.9 Å². The maximum Gasteiger partial charge on any atom is 0.123 e. The third kappa shape index (κ3) is 3.05. The van der Waals surface area contributed by atoms with Crippen LogP contribution < -0.4 is 0 Å². The number of methoxy groups -OCH3 is 1. The van der Waals surface area contributed by atoms with E-state index in [4.69, 9.17) is 4.74 Å². The number of rotatable bonds is 5. The van der Waals surface area contributed by atoms with Crippen LogP contribution >= 0.6 is 0 Å². The molecule has 1 aromatic carbocycles. The van der Waals surface area contributed by atoms with Gasteiger partial charge in [0.05, 0.1) is 11.7 Å². The summed E-state index contributed by atoms with van der Waals surface area (Å²) < 4.78 is 18.5. The molecular weight excluding hydrogens is 219 g/mol. The van der Waals surface area contributed by atoms with E-state index < -0.39 is 6.10 Å². The summed E-state index contributed by atoms with van der Waals surface area (Å²) in [4.78, 5) is 0. The highest BCUT2D eigenvalue weighted by Gasteiger charge is 2.38. The molecule has 1 aliphatic carbocycles. The highest BCUT2D eigenvalue weighted by atomic mass is 19.1. The number of hydrogen-bond acceptors (Lipinski definition) is 2. The molecule has 0 spiro atoms. The maximum atomic E-state index is 13.0. The summed E-state index contributed by atoms with van der Waals surface area (Å²) in [5.74, 6) is -0.250. The fraction of sp³-hybridized carbons (Fsp3) is 0.571. The Morgan fingerprint density at radius 1 is 1.47 bits per heavy atom. The van der Waals surface area contributed by atoms with Crippen molar-refractivity contribution in [3.8, 4) is 0 Å². The van der Waals surface area contributed by atoms with Gasteiger partial charge in [0.15, 0.2) is 0 Å². The van der Waals surface area contributed by atoms with Crippen LogP contribution in [-0.2, 0) is 11.2 Å². The lowest BCUT2D eigenvalue weighted by atomic mass is 9.75. The molecule has 0 bridgehead atoms. The van der Waals surface area contributed by atoms with Crippen molar-refractivity contribution in [1.82, 2.24) is 0 Å². The standard InChI is InChI=1S/C14H19FO2/c1-17-14(6-3-7-14)10-13(16)9-11-4-2-5-12(15)8-11/h2,4-5,8,13,16H,3,6-7,9-10H2,1H3. The van der Waals surface area contributed by atoms with Gasteiger partial charge in [-0.2, -0.15) is 0 Å². The van der Waals surface area contributed by atoms with E-state index >= 15 is 0 Å². The summed E-state index contributed by atoms with van der Waals surface area (Å²) >= 11 is 0. The first-order chi connectivity index (χ1) is 8.13. The summed E-state index contributed by atoms with van der Waals surface area (Å²) in [5, 5.41) is 10.0. The summed E-state index contributed by atoms with van der Waals surface area (Å²) in [5.41, 5.74) is 0.704. The summed E-state index contributed by atoms with van der Waals surface area (Å²) in [6, 6.07) is 6.40. The van der Waals surface area contributed by atoms with Crippen LogP contribution in [0.5, 0.6) is 0 Å². The molecule has 1 saturated carbocycles. The number of halogens is 1. The minimum absolute atomic E-state index is 0.132. The van der Waals surface area contributed by atoms with Crippen molar-refractivity contribution in [2.45, 2.75) is 43.8 Å².